The number of benzene rings is 1. The summed E-state index contributed by atoms with van der Waals surface area (Å²) in [5.74, 6) is -0.605. The van der Waals surface area contributed by atoms with Crippen molar-refractivity contribution in [3.05, 3.63) is 35.7 Å². The summed E-state index contributed by atoms with van der Waals surface area (Å²) >= 11 is 0. The quantitative estimate of drug-likeness (QED) is 0.442. The summed E-state index contributed by atoms with van der Waals surface area (Å²) in [6, 6.07) is 7.10. The Morgan fingerprint density at radius 2 is 1.97 bits per heavy atom. The second-order valence-corrected chi connectivity index (χ2v) is 8.75. The van der Waals surface area contributed by atoms with Gasteiger partial charge in [-0.05, 0) is 57.9 Å². The normalized spacial score (nSPS) is 18.2. The lowest BCUT2D eigenvalue weighted by Crippen LogP contribution is -2.59. The van der Waals surface area contributed by atoms with E-state index in [0.29, 0.717) is 24.5 Å². The van der Waals surface area contributed by atoms with Gasteiger partial charge in [0.25, 0.3) is 5.91 Å². The van der Waals surface area contributed by atoms with Crippen LogP contribution < -0.4 is 15.4 Å². The lowest BCUT2D eigenvalue weighted by atomic mass is 10.0. The number of aromatic nitrogens is 2. The molecule has 32 heavy (non-hydrogen) atoms. The number of ether oxygens (including phenoxy) is 1. The van der Waals surface area contributed by atoms with Crippen LogP contribution in [0, 0.1) is 0 Å². The van der Waals surface area contributed by atoms with Gasteiger partial charge in [-0.3, -0.25) is 9.89 Å². The first kappa shape index (κ1) is 23.4. The van der Waals surface area contributed by atoms with Crippen molar-refractivity contribution in [1.29, 1.82) is 0 Å². The Morgan fingerprint density at radius 1 is 1.28 bits per heavy atom. The van der Waals surface area contributed by atoms with Gasteiger partial charge in [0.2, 0.25) is 0 Å². The van der Waals surface area contributed by atoms with Gasteiger partial charge in [0.05, 0.1) is 11.4 Å². The van der Waals surface area contributed by atoms with Crippen LogP contribution in [0.3, 0.4) is 0 Å². The van der Waals surface area contributed by atoms with E-state index < -0.39 is 17.2 Å². The summed E-state index contributed by atoms with van der Waals surface area (Å²) in [6.45, 7) is 10.2. The number of carboxylic acids is 1. The van der Waals surface area contributed by atoms with E-state index in [-0.39, 0.29) is 5.91 Å². The molecule has 174 valence electrons. The Bertz CT molecular complexity index is 969. The first-order chi connectivity index (χ1) is 15.1. The molecule has 9 heteroatoms. The maximum atomic E-state index is 13.2. The molecule has 0 saturated heterocycles. The topological polar surface area (TPSA) is 120 Å². The smallest absolute Gasteiger partial charge is 0.347 e. The number of carbonyl (C=O) groups is 2. The lowest BCUT2D eigenvalue weighted by molar-refractivity contribution is -0.152. The number of hydrogen-bond donors (Lipinski definition) is 4. The van der Waals surface area contributed by atoms with Gasteiger partial charge in [-0.1, -0.05) is 20.3 Å². The second-order valence-electron chi connectivity index (χ2n) is 8.75. The number of rotatable bonds is 10. The van der Waals surface area contributed by atoms with Crippen LogP contribution in [0.5, 0.6) is 5.75 Å². The number of anilines is 2. The van der Waals surface area contributed by atoms with E-state index in [4.69, 9.17) is 4.74 Å². The molecular formula is C23H33N5O4. The average molecular weight is 444 g/mol. The predicted octanol–water partition coefficient (Wildman–Crippen LogP) is 3.71. The van der Waals surface area contributed by atoms with Crippen molar-refractivity contribution in [3.63, 3.8) is 0 Å². The van der Waals surface area contributed by atoms with E-state index in [2.05, 4.69) is 34.7 Å². The standard InChI is InChI=1S/C23H33N5O4/c1-6-8-17-18-19(27-26-17)20(29)28(23(5,7-2)25-18)14-13-24-15-9-11-16(12-10-15)32-22(3,4)21(30)31/h9-12,24-25H,6-8,13-14H2,1-5H3,(H,26,27)(H,30,31). The molecule has 9 nitrogen and oxygen atoms in total. The minimum Gasteiger partial charge on any atom is -0.478 e. The van der Waals surface area contributed by atoms with Crippen molar-refractivity contribution in [2.45, 2.75) is 65.1 Å². The molecule has 1 aromatic carbocycles. The number of nitrogens with one attached hydrogen (secondary N) is 3. The average Bonchev–Trinajstić information content (AvgIpc) is 3.14. The van der Waals surface area contributed by atoms with Gasteiger partial charge in [0.15, 0.2) is 5.60 Å². The third-order valence-electron chi connectivity index (χ3n) is 5.87. The number of fused-ring (bicyclic) bond motifs is 1. The van der Waals surface area contributed by atoms with Crippen molar-refractivity contribution >= 4 is 23.3 Å². The molecule has 2 aromatic rings. The third kappa shape index (κ3) is 4.66. The monoisotopic (exact) mass is 443 g/mol. The van der Waals surface area contributed by atoms with Crippen LogP contribution in [-0.2, 0) is 11.2 Å². The molecular weight excluding hydrogens is 410 g/mol. The van der Waals surface area contributed by atoms with E-state index in [0.717, 1.165) is 36.3 Å². The molecule has 1 aliphatic rings. The van der Waals surface area contributed by atoms with E-state index in [9.17, 15) is 14.7 Å². The fraction of sp³-hybridized carbons (Fsp3) is 0.522. The predicted molar refractivity (Wildman–Crippen MR) is 123 cm³/mol. The summed E-state index contributed by atoms with van der Waals surface area (Å²) < 4.78 is 5.53. The molecule has 2 heterocycles. The van der Waals surface area contributed by atoms with Crippen LogP contribution in [0.15, 0.2) is 24.3 Å². The zero-order chi connectivity index (χ0) is 23.5. The van der Waals surface area contributed by atoms with Gasteiger partial charge in [0.1, 0.15) is 17.1 Å². The number of carboxylic acid groups (broad SMARTS) is 1. The zero-order valence-corrected chi connectivity index (χ0v) is 19.4. The summed E-state index contributed by atoms with van der Waals surface area (Å²) in [5, 5.41) is 23.3. The van der Waals surface area contributed by atoms with Crippen LogP contribution in [0.2, 0.25) is 0 Å². The van der Waals surface area contributed by atoms with E-state index in [1.54, 1.807) is 12.1 Å². The van der Waals surface area contributed by atoms with Crippen molar-refractivity contribution in [1.82, 2.24) is 15.1 Å². The van der Waals surface area contributed by atoms with Crippen LogP contribution >= 0.6 is 0 Å². The number of nitrogens with zero attached hydrogens (tertiary/aromatic N) is 2. The van der Waals surface area contributed by atoms with Gasteiger partial charge in [-0.25, -0.2) is 4.79 Å². The molecule has 1 amide bonds. The molecule has 4 N–H and O–H groups in total. The Morgan fingerprint density at radius 3 is 2.56 bits per heavy atom. The number of amides is 1. The summed E-state index contributed by atoms with van der Waals surface area (Å²) in [7, 11) is 0. The van der Waals surface area contributed by atoms with Crippen LogP contribution in [0.4, 0.5) is 11.4 Å². The molecule has 0 radical (unpaired) electrons. The molecule has 0 aliphatic carbocycles. The SMILES string of the molecule is CCCc1n[nH]c2c1NC(C)(CC)N(CCNc1ccc(OC(C)(C)C(=O)O)cc1)C2=O. The molecule has 0 bridgehead atoms. The van der Waals surface area contributed by atoms with Crippen molar-refractivity contribution in [3.8, 4) is 5.75 Å². The zero-order valence-electron chi connectivity index (χ0n) is 19.4. The van der Waals surface area contributed by atoms with Crippen molar-refractivity contribution < 1.29 is 19.4 Å². The van der Waals surface area contributed by atoms with Crippen LogP contribution in [0.1, 0.15) is 63.6 Å². The minimum absolute atomic E-state index is 0.0561. The fourth-order valence-corrected chi connectivity index (χ4v) is 3.70. The second kappa shape index (κ2) is 9.10. The number of aliphatic carboxylic acids is 1. The lowest BCUT2D eigenvalue weighted by Gasteiger charge is -2.45. The van der Waals surface area contributed by atoms with Gasteiger partial charge >= 0.3 is 5.97 Å². The molecule has 1 atom stereocenters. The summed E-state index contributed by atoms with van der Waals surface area (Å²) in [6.07, 6.45) is 2.53. The maximum Gasteiger partial charge on any atom is 0.347 e. The van der Waals surface area contributed by atoms with Gasteiger partial charge in [-0.15, -0.1) is 0 Å². The number of hydrogen-bond acceptors (Lipinski definition) is 6. The van der Waals surface area contributed by atoms with Crippen molar-refractivity contribution in [2.75, 3.05) is 23.7 Å². The number of carbonyl (C=O) groups excluding carboxylic acids is 1. The molecule has 1 aromatic heterocycles. The molecule has 0 spiro atoms. The summed E-state index contributed by atoms with van der Waals surface area (Å²) in [5.41, 5.74) is 1.30. The molecule has 1 unspecified atom stereocenters. The largest absolute Gasteiger partial charge is 0.478 e. The van der Waals surface area contributed by atoms with E-state index in [1.165, 1.54) is 13.8 Å². The van der Waals surface area contributed by atoms with Gasteiger partial charge in [0, 0.05) is 18.8 Å². The molecule has 0 saturated carbocycles. The first-order valence-electron chi connectivity index (χ1n) is 11.0. The first-order valence-corrected chi connectivity index (χ1v) is 11.0. The Labute approximate surface area is 188 Å². The van der Waals surface area contributed by atoms with Crippen LogP contribution in [-0.4, -0.2) is 56.4 Å². The fourth-order valence-electron chi connectivity index (χ4n) is 3.70. The Hall–Kier alpha value is -3.23. The third-order valence-corrected chi connectivity index (χ3v) is 5.87. The molecule has 3 rings (SSSR count). The van der Waals surface area contributed by atoms with E-state index >= 15 is 0 Å². The minimum atomic E-state index is -1.30. The van der Waals surface area contributed by atoms with E-state index in [1.807, 2.05) is 24.0 Å². The highest BCUT2D eigenvalue weighted by Crippen LogP contribution is 2.34. The highest BCUT2D eigenvalue weighted by Gasteiger charge is 2.41. The molecule has 0 fully saturated rings. The Balaban J connectivity index is 1.64. The highest BCUT2D eigenvalue weighted by atomic mass is 16.5. The van der Waals surface area contributed by atoms with Crippen LogP contribution in [0.25, 0.3) is 0 Å². The number of H-pyrrole nitrogens is 1. The maximum absolute atomic E-state index is 13.2. The molecule has 1 aliphatic heterocycles. The Kier molecular flexibility index (Phi) is 6.66. The highest BCUT2D eigenvalue weighted by molar-refractivity contribution is 6.01. The van der Waals surface area contributed by atoms with Gasteiger partial charge in [-0.2, -0.15) is 5.10 Å². The van der Waals surface area contributed by atoms with Crippen molar-refractivity contribution in [2.24, 2.45) is 0 Å². The summed E-state index contributed by atoms with van der Waals surface area (Å²) in [4.78, 5) is 26.3. The number of aromatic amines is 1. The van der Waals surface area contributed by atoms with Gasteiger partial charge < -0.3 is 25.4 Å². The number of aryl methyl sites for hydroxylation is 1.